The van der Waals surface area contributed by atoms with Crippen LogP contribution in [0, 0.1) is 6.92 Å². The van der Waals surface area contributed by atoms with Crippen LogP contribution in [0.1, 0.15) is 72.1 Å². The van der Waals surface area contributed by atoms with Crippen molar-refractivity contribution in [3.8, 4) is 0 Å². The van der Waals surface area contributed by atoms with Crippen molar-refractivity contribution in [1.82, 2.24) is 13.9 Å². The van der Waals surface area contributed by atoms with E-state index in [-0.39, 0.29) is 10.8 Å². The van der Waals surface area contributed by atoms with Crippen LogP contribution in [-0.4, -0.2) is 65.4 Å². The first kappa shape index (κ1) is 28.6. The second-order valence-electron chi connectivity index (χ2n) is 12.8. The number of fused-ring (bicyclic) bond motifs is 1. The van der Waals surface area contributed by atoms with Gasteiger partial charge in [-0.05, 0) is 91.5 Å². The Morgan fingerprint density at radius 1 is 1.07 bits per heavy atom. The summed E-state index contributed by atoms with van der Waals surface area (Å²) in [5.74, 6) is -0.243. The Bertz CT molecular complexity index is 1540. The lowest BCUT2D eigenvalue weighted by molar-refractivity contribution is 0.00578. The Morgan fingerprint density at radius 2 is 1.70 bits per heavy atom. The minimum Gasteiger partial charge on any atom is -0.444 e. The average molecular weight is 568 g/mol. The highest BCUT2D eigenvalue weighted by molar-refractivity contribution is 7.90. The Morgan fingerprint density at radius 3 is 2.30 bits per heavy atom. The van der Waals surface area contributed by atoms with Crippen LogP contribution in [0.3, 0.4) is 0 Å². The number of carbonyl (C=O) groups excluding carboxylic acids is 1. The summed E-state index contributed by atoms with van der Waals surface area (Å²) in [6.07, 6.45) is 1.77. The van der Waals surface area contributed by atoms with Crippen molar-refractivity contribution in [2.45, 2.75) is 89.4 Å². The molecule has 2 saturated heterocycles. The van der Waals surface area contributed by atoms with Gasteiger partial charge in [0.15, 0.2) is 5.65 Å². The van der Waals surface area contributed by atoms with Crippen molar-refractivity contribution in [1.29, 1.82) is 0 Å². The van der Waals surface area contributed by atoms with E-state index in [4.69, 9.17) is 14.0 Å². The van der Waals surface area contributed by atoms with E-state index >= 15 is 0 Å². The number of nitrogens with zero attached hydrogens (tertiary/aromatic N) is 3. The molecule has 5 rings (SSSR count). The van der Waals surface area contributed by atoms with Gasteiger partial charge in [0.2, 0.25) is 0 Å². The summed E-state index contributed by atoms with van der Waals surface area (Å²) in [4.78, 5) is 19.2. The van der Waals surface area contributed by atoms with Gasteiger partial charge in [-0.1, -0.05) is 17.7 Å². The number of carbonyl (C=O) groups is 1. The summed E-state index contributed by atoms with van der Waals surface area (Å²) >= 11 is 0. The van der Waals surface area contributed by atoms with Gasteiger partial charge in [-0.25, -0.2) is 22.2 Å². The van der Waals surface area contributed by atoms with Crippen molar-refractivity contribution in [2.24, 2.45) is 0 Å². The number of amides is 1. The molecule has 0 aliphatic carbocycles. The minimum absolute atomic E-state index is 0.168. The van der Waals surface area contributed by atoms with E-state index in [1.54, 1.807) is 35.4 Å². The Balaban J connectivity index is 1.63. The standard InChI is InChI=1S/C29H38BN3O6S/c1-19-9-11-21(12-10-19)40(35,36)33-24(20-14-16-32(18-20)26(34)37-27(2,3)4)17-22-23(13-15-31-25(22)33)30-38-28(5,6)29(7,8)39-30/h9-13,15,17,20H,14,16,18H2,1-8H3. The van der Waals surface area contributed by atoms with Crippen molar-refractivity contribution < 1.29 is 27.3 Å². The van der Waals surface area contributed by atoms with Crippen LogP contribution in [0.25, 0.3) is 11.0 Å². The summed E-state index contributed by atoms with van der Waals surface area (Å²) in [7, 11) is -4.71. The quantitative estimate of drug-likeness (QED) is 0.425. The minimum atomic E-state index is -4.02. The number of hydrogen-bond acceptors (Lipinski definition) is 7. The predicted molar refractivity (Wildman–Crippen MR) is 154 cm³/mol. The molecular weight excluding hydrogens is 529 g/mol. The summed E-state index contributed by atoms with van der Waals surface area (Å²) in [6.45, 7) is 16.1. The first-order chi connectivity index (χ1) is 18.5. The highest BCUT2D eigenvalue weighted by Crippen LogP contribution is 2.38. The van der Waals surface area contributed by atoms with E-state index in [1.807, 2.05) is 67.5 Å². The molecule has 1 unspecified atom stereocenters. The molecule has 0 N–H and O–H groups in total. The van der Waals surface area contributed by atoms with Crippen LogP contribution < -0.4 is 5.46 Å². The monoisotopic (exact) mass is 567 g/mol. The molecule has 0 radical (unpaired) electrons. The zero-order chi connectivity index (χ0) is 29.3. The van der Waals surface area contributed by atoms with Gasteiger partial charge < -0.3 is 18.9 Å². The van der Waals surface area contributed by atoms with Crippen LogP contribution in [0.15, 0.2) is 47.5 Å². The van der Waals surface area contributed by atoms with Crippen molar-refractivity contribution >= 4 is 39.7 Å². The molecule has 1 atom stereocenters. The molecule has 11 heteroatoms. The van der Waals surface area contributed by atoms with Gasteiger partial charge in [0.25, 0.3) is 10.0 Å². The molecule has 4 heterocycles. The summed E-state index contributed by atoms with van der Waals surface area (Å²) in [6, 6.07) is 10.5. The highest BCUT2D eigenvalue weighted by Gasteiger charge is 2.52. The molecule has 1 aromatic carbocycles. The van der Waals surface area contributed by atoms with E-state index < -0.39 is 40.0 Å². The fourth-order valence-corrected chi connectivity index (χ4v) is 6.68. The van der Waals surface area contributed by atoms with E-state index in [9.17, 15) is 13.2 Å². The Hall–Kier alpha value is -2.89. The van der Waals surface area contributed by atoms with Crippen LogP contribution in [0.4, 0.5) is 4.79 Å². The topological polar surface area (TPSA) is 100.0 Å². The second-order valence-corrected chi connectivity index (χ2v) is 14.6. The molecule has 3 aromatic rings. The molecule has 2 fully saturated rings. The maximum Gasteiger partial charge on any atom is 0.495 e. The molecule has 0 bridgehead atoms. The molecule has 9 nitrogen and oxygen atoms in total. The largest absolute Gasteiger partial charge is 0.495 e. The number of aromatic nitrogens is 2. The van der Waals surface area contributed by atoms with Gasteiger partial charge in [-0.15, -0.1) is 0 Å². The SMILES string of the molecule is Cc1ccc(S(=O)(=O)n2c(C3CCN(C(=O)OC(C)(C)C)C3)cc3c(B4OC(C)(C)C(C)(C)O4)ccnc32)cc1. The average Bonchev–Trinajstić information content (AvgIpc) is 3.52. The lowest BCUT2D eigenvalue weighted by atomic mass is 9.77. The molecule has 2 aliphatic rings. The van der Waals surface area contributed by atoms with Gasteiger partial charge in [0.1, 0.15) is 5.60 Å². The van der Waals surface area contributed by atoms with Gasteiger partial charge in [0.05, 0.1) is 16.1 Å². The number of likely N-dealkylation sites (tertiary alicyclic amines) is 1. The molecule has 0 saturated carbocycles. The maximum atomic E-state index is 14.2. The molecule has 2 aliphatic heterocycles. The molecule has 0 spiro atoms. The number of rotatable bonds is 4. The fraction of sp³-hybridized carbons (Fsp3) is 0.517. The lowest BCUT2D eigenvalue weighted by Crippen LogP contribution is -2.41. The number of aryl methyl sites for hydroxylation is 1. The third-order valence-corrected chi connectivity index (χ3v) is 9.78. The third-order valence-electron chi connectivity index (χ3n) is 8.05. The number of hydrogen-bond donors (Lipinski definition) is 0. The van der Waals surface area contributed by atoms with Crippen molar-refractivity contribution in [3.05, 3.63) is 53.9 Å². The van der Waals surface area contributed by atoms with E-state index in [2.05, 4.69) is 4.98 Å². The van der Waals surface area contributed by atoms with Gasteiger partial charge in [0, 0.05) is 36.3 Å². The number of ether oxygens (including phenoxy) is 1. The smallest absolute Gasteiger partial charge is 0.444 e. The Kier molecular flexibility index (Phi) is 6.87. The van der Waals surface area contributed by atoms with Crippen molar-refractivity contribution in [2.75, 3.05) is 13.1 Å². The molecule has 1 amide bonds. The first-order valence-corrected chi connectivity index (χ1v) is 15.1. The second kappa shape index (κ2) is 9.60. The highest BCUT2D eigenvalue weighted by atomic mass is 32.2. The van der Waals surface area contributed by atoms with Gasteiger partial charge >= 0.3 is 13.2 Å². The normalized spacial score (nSPS) is 20.9. The van der Waals surface area contributed by atoms with Gasteiger partial charge in [-0.2, -0.15) is 0 Å². The molecule has 214 valence electrons. The predicted octanol–water partition coefficient (Wildman–Crippen LogP) is 4.61. The van der Waals surface area contributed by atoms with Gasteiger partial charge in [-0.3, -0.25) is 0 Å². The maximum absolute atomic E-state index is 14.2. The summed E-state index contributed by atoms with van der Waals surface area (Å²) in [5.41, 5.74) is 0.793. The summed E-state index contributed by atoms with van der Waals surface area (Å²) in [5, 5.41) is 0.641. The van der Waals surface area contributed by atoms with Crippen molar-refractivity contribution in [3.63, 3.8) is 0 Å². The fourth-order valence-electron chi connectivity index (χ4n) is 5.14. The van der Waals surface area contributed by atoms with E-state index in [0.29, 0.717) is 41.7 Å². The molecule has 2 aromatic heterocycles. The number of benzene rings is 1. The Labute approximate surface area is 237 Å². The molecular formula is C29H38BN3O6S. The first-order valence-electron chi connectivity index (χ1n) is 13.7. The number of pyridine rings is 1. The third kappa shape index (κ3) is 5.03. The lowest BCUT2D eigenvalue weighted by Gasteiger charge is -2.32. The zero-order valence-corrected chi connectivity index (χ0v) is 25.3. The van der Waals surface area contributed by atoms with E-state index in [1.165, 1.54) is 3.97 Å². The van der Waals surface area contributed by atoms with E-state index in [0.717, 1.165) is 5.56 Å². The molecule has 40 heavy (non-hydrogen) atoms. The van der Waals surface area contributed by atoms with Crippen LogP contribution in [-0.2, 0) is 24.1 Å². The summed E-state index contributed by atoms with van der Waals surface area (Å²) < 4.78 is 48.0. The van der Waals surface area contributed by atoms with Crippen LogP contribution >= 0.6 is 0 Å². The van der Waals surface area contributed by atoms with Crippen LogP contribution in [0.5, 0.6) is 0 Å². The van der Waals surface area contributed by atoms with Crippen LogP contribution in [0.2, 0.25) is 0 Å². The zero-order valence-electron chi connectivity index (χ0n) is 24.5.